The Bertz CT molecular complexity index is 272. The fourth-order valence-corrected chi connectivity index (χ4v) is 1.26. The van der Waals surface area contributed by atoms with Gasteiger partial charge >= 0.3 is 0 Å². The molecule has 1 atom stereocenters. The van der Waals surface area contributed by atoms with Crippen molar-refractivity contribution < 1.29 is 5.11 Å². The molecule has 1 unspecified atom stereocenters. The maximum Gasteiger partial charge on any atom is 0.0612 e. The van der Waals surface area contributed by atoms with Gasteiger partial charge in [0, 0.05) is 24.7 Å². The van der Waals surface area contributed by atoms with Crippen molar-refractivity contribution in [3.05, 3.63) is 17.5 Å². The van der Waals surface area contributed by atoms with Crippen molar-refractivity contribution in [1.29, 1.82) is 0 Å². The van der Waals surface area contributed by atoms with Crippen molar-refractivity contribution in [2.24, 2.45) is 12.8 Å². The molecule has 0 bridgehead atoms. The van der Waals surface area contributed by atoms with E-state index >= 15 is 0 Å². The van der Waals surface area contributed by atoms with Crippen LogP contribution in [0.2, 0.25) is 0 Å². The molecule has 0 saturated carbocycles. The average Bonchev–Trinajstić information content (AvgIpc) is 2.36. The number of aliphatic hydroxyl groups excluding tert-OH is 1. The fraction of sp³-hybridized carbons (Fsp3) is 0.667. The highest BCUT2D eigenvalue weighted by atomic mass is 16.3. The number of nitrogens with zero attached hydrogens (tertiary/aromatic N) is 2. The van der Waals surface area contributed by atoms with Crippen LogP contribution < -0.4 is 5.73 Å². The van der Waals surface area contributed by atoms with Gasteiger partial charge in [0.25, 0.3) is 0 Å². The van der Waals surface area contributed by atoms with Crippen LogP contribution in [0.25, 0.3) is 0 Å². The maximum absolute atomic E-state index is 9.02. The summed E-state index contributed by atoms with van der Waals surface area (Å²) in [6, 6.07) is 0. The number of hydrogen-bond donors (Lipinski definition) is 2. The summed E-state index contributed by atoms with van der Waals surface area (Å²) in [5.74, 6) is 0. The van der Waals surface area contributed by atoms with Crippen LogP contribution in [0.3, 0.4) is 0 Å². The Morgan fingerprint density at radius 1 is 1.69 bits per heavy atom. The smallest absolute Gasteiger partial charge is 0.0612 e. The minimum absolute atomic E-state index is 0.0162. The summed E-state index contributed by atoms with van der Waals surface area (Å²) in [5, 5.41) is 13.1. The number of rotatable bonds is 3. The zero-order valence-electron chi connectivity index (χ0n) is 8.41. The quantitative estimate of drug-likeness (QED) is 0.692. The summed E-state index contributed by atoms with van der Waals surface area (Å²) < 4.78 is 1.80. The molecule has 0 amide bonds. The molecule has 4 nitrogen and oxygen atoms in total. The first-order valence-corrected chi connectivity index (χ1v) is 4.33. The van der Waals surface area contributed by atoms with Gasteiger partial charge in [-0.15, -0.1) is 0 Å². The molecule has 0 radical (unpaired) electrons. The Kier molecular flexibility index (Phi) is 2.73. The van der Waals surface area contributed by atoms with Crippen LogP contribution in [0, 0.1) is 6.92 Å². The maximum atomic E-state index is 9.02. The SMILES string of the molecule is Cc1cnn(C)c1CC(C)(N)CO. The Balaban J connectivity index is 2.85. The van der Waals surface area contributed by atoms with Crippen LogP contribution in [0.1, 0.15) is 18.2 Å². The molecule has 13 heavy (non-hydrogen) atoms. The molecular formula is C9H17N3O. The van der Waals surface area contributed by atoms with E-state index in [-0.39, 0.29) is 6.61 Å². The van der Waals surface area contributed by atoms with E-state index in [4.69, 9.17) is 10.8 Å². The summed E-state index contributed by atoms with van der Waals surface area (Å²) in [6.45, 7) is 3.81. The lowest BCUT2D eigenvalue weighted by Gasteiger charge is -2.21. The fourth-order valence-electron chi connectivity index (χ4n) is 1.26. The first kappa shape index (κ1) is 10.2. The van der Waals surface area contributed by atoms with Gasteiger partial charge in [0.15, 0.2) is 0 Å². The minimum Gasteiger partial charge on any atom is -0.394 e. The molecule has 4 heteroatoms. The van der Waals surface area contributed by atoms with Crippen molar-refractivity contribution in [3.63, 3.8) is 0 Å². The van der Waals surface area contributed by atoms with E-state index in [1.807, 2.05) is 27.1 Å². The van der Waals surface area contributed by atoms with E-state index in [2.05, 4.69) is 5.10 Å². The highest BCUT2D eigenvalue weighted by Crippen LogP contribution is 2.13. The first-order chi connectivity index (χ1) is 5.96. The lowest BCUT2D eigenvalue weighted by Crippen LogP contribution is -2.43. The van der Waals surface area contributed by atoms with Crippen molar-refractivity contribution in [2.75, 3.05) is 6.61 Å². The first-order valence-electron chi connectivity index (χ1n) is 4.33. The lowest BCUT2D eigenvalue weighted by atomic mass is 9.97. The molecule has 0 saturated heterocycles. The van der Waals surface area contributed by atoms with E-state index in [0.29, 0.717) is 6.42 Å². The normalized spacial score (nSPS) is 15.8. The van der Waals surface area contributed by atoms with Crippen LogP contribution >= 0.6 is 0 Å². The van der Waals surface area contributed by atoms with Crippen molar-refractivity contribution in [2.45, 2.75) is 25.8 Å². The molecule has 0 aliphatic heterocycles. The van der Waals surface area contributed by atoms with Gasteiger partial charge in [-0.1, -0.05) is 0 Å². The van der Waals surface area contributed by atoms with Crippen LogP contribution in [0.15, 0.2) is 6.20 Å². The van der Waals surface area contributed by atoms with Gasteiger partial charge in [-0.2, -0.15) is 5.10 Å². The highest BCUT2D eigenvalue weighted by molar-refractivity contribution is 5.17. The number of nitrogens with two attached hydrogens (primary N) is 1. The lowest BCUT2D eigenvalue weighted by molar-refractivity contribution is 0.206. The van der Waals surface area contributed by atoms with Crippen LogP contribution in [0.4, 0.5) is 0 Å². The van der Waals surface area contributed by atoms with Crippen LogP contribution in [0.5, 0.6) is 0 Å². The second-order valence-electron chi connectivity index (χ2n) is 3.89. The third kappa shape index (κ3) is 2.29. The molecule has 0 aliphatic carbocycles. The highest BCUT2D eigenvalue weighted by Gasteiger charge is 2.20. The molecule has 0 aliphatic rings. The van der Waals surface area contributed by atoms with E-state index < -0.39 is 5.54 Å². The van der Waals surface area contributed by atoms with Gasteiger partial charge in [0.05, 0.1) is 12.8 Å². The summed E-state index contributed by atoms with van der Waals surface area (Å²) in [5.41, 5.74) is 7.50. The van der Waals surface area contributed by atoms with Crippen molar-refractivity contribution in [1.82, 2.24) is 9.78 Å². The van der Waals surface area contributed by atoms with Crippen molar-refractivity contribution >= 4 is 0 Å². The van der Waals surface area contributed by atoms with E-state index in [9.17, 15) is 0 Å². The van der Waals surface area contributed by atoms with Gasteiger partial charge in [-0.25, -0.2) is 0 Å². The molecule has 0 fully saturated rings. The molecular weight excluding hydrogens is 166 g/mol. The Hall–Kier alpha value is -0.870. The Morgan fingerprint density at radius 3 is 2.69 bits per heavy atom. The van der Waals surface area contributed by atoms with Crippen LogP contribution in [-0.2, 0) is 13.5 Å². The summed E-state index contributed by atoms with van der Waals surface area (Å²) in [7, 11) is 1.88. The minimum atomic E-state index is -0.557. The van der Waals surface area contributed by atoms with E-state index in [1.54, 1.807) is 4.68 Å². The predicted octanol–water partition coefficient (Wildman–Crippen LogP) is -0.0193. The molecule has 0 aromatic carbocycles. The second-order valence-corrected chi connectivity index (χ2v) is 3.89. The summed E-state index contributed by atoms with van der Waals surface area (Å²) in [4.78, 5) is 0. The van der Waals surface area contributed by atoms with Gasteiger partial charge in [-0.3, -0.25) is 4.68 Å². The van der Waals surface area contributed by atoms with Gasteiger partial charge in [0.2, 0.25) is 0 Å². The summed E-state index contributed by atoms with van der Waals surface area (Å²) in [6.07, 6.45) is 2.45. The molecule has 0 spiro atoms. The monoisotopic (exact) mass is 183 g/mol. The van der Waals surface area contributed by atoms with E-state index in [1.165, 1.54) is 0 Å². The average molecular weight is 183 g/mol. The van der Waals surface area contributed by atoms with Gasteiger partial charge in [0.1, 0.15) is 0 Å². The Morgan fingerprint density at radius 2 is 2.31 bits per heavy atom. The third-order valence-electron chi connectivity index (χ3n) is 2.20. The van der Waals surface area contributed by atoms with Gasteiger partial charge < -0.3 is 10.8 Å². The molecule has 1 rings (SSSR count). The number of aryl methyl sites for hydroxylation is 2. The Labute approximate surface area is 78.4 Å². The molecule has 3 N–H and O–H groups in total. The molecule has 74 valence electrons. The standard InChI is InChI=1S/C9H17N3O/c1-7-5-11-12(3)8(7)4-9(2,10)6-13/h5,13H,4,6,10H2,1-3H3. The number of aromatic nitrogens is 2. The number of aliphatic hydroxyl groups is 1. The molecule has 1 heterocycles. The summed E-state index contributed by atoms with van der Waals surface area (Å²) >= 11 is 0. The van der Waals surface area contributed by atoms with Crippen molar-refractivity contribution in [3.8, 4) is 0 Å². The second kappa shape index (κ2) is 3.47. The van der Waals surface area contributed by atoms with Gasteiger partial charge in [-0.05, 0) is 19.4 Å². The van der Waals surface area contributed by atoms with Crippen LogP contribution in [-0.4, -0.2) is 27.0 Å². The zero-order valence-corrected chi connectivity index (χ0v) is 8.41. The molecule has 1 aromatic rings. The predicted molar refractivity (Wildman–Crippen MR) is 51.3 cm³/mol. The zero-order chi connectivity index (χ0) is 10.1. The third-order valence-corrected chi connectivity index (χ3v) is 2.20. The topological polar surface area (TPSA) is 64.1 Å². The largest absolute Gasteiger partial charge is 0.394 e. The molecule has 1 aromatic heterocycles. The number of hydrogen-bond acceptors (Lipinski definition) is 3. The van der Waals surface area contributed by atoms with E-state index in [0.717, 1.165) is 11.3 Å².